The van der Waals surface area contributed by atoms with E-state index in [1.165, 1.54) is 6.07 Å². The van der Waals surface area contributed by atoms with Crippen molar-refractivity contribution in [1.29, 1.82) is 0 Å². The highest BCUT2D eigenvalue weighted by Gasteiger charge is 1.98. The van der Waals surface area contributed by atoms with Crippen LogP contribution < -0.4 is 5.32 Å². The van der Waals surface area contributed by atoms with E-state index >= 15 is 0 Å². The third-order valence-corrected chi connectivity index (χ3v) is 1.45. The van der Waals surface area contributed by atoms with Crippen molar-refractivity contribution in [3.63, 3.8) is 0 Å². The predicted molar refractivity (Wildman–Crippen MR) is 69.7 cm³/mol. The molecule has 16 heavy (non-hydrogen) atoms. The first-order valence-electron chi connectivity index (χ1n) is 5.81. The number of hydrogen-bond donors (Lipinski definition) is 2. The lowest BCUT2D eigenvalue weighted by atomic mass is 10.3. The molecule has 0 bridgehead atoms. The van der Waals surface area contributed by atoms with Crippen LogP contribution in [-0.4, -0.2) is 11.0 Å². The minimum Gasteiger partial charge on any atom is -0.508 e. The molecule has 2 N–H and O–H groups in total. The highest BCUT2D eigenvalue weighted by molar-refractivity contribution is 5.90. The summed E-state index contributed by atoms with van der Waals surface area (Å²) in [5.41, 5.74) is 0.627. The number of carbonyl (C=O) groups is 1. The number of hydrogen-bond acceptors (Lipinski definition) is 2. The molecule has 0 aliphatic heterocycles. The molecule has 1 amide bonds. The Morgan fingerprint density at radius 3 is 2.25 bits per heavy atom. The molecule has 0 aromatic heterocycles. The van der Waals surface area contributed by atoms with Gasteiger partial charge in [-0.1, -0.05) is 40.7 Å². The Hall–Kier alpha value is -1.51. The van der Waals surface area contributed by atoms with Crippen LogP contribution in [0.25, 0.3) is 0 Å². The topological polar surface area (TPSA) is 49.3 Å². The fraction of sp³-hybridized carbons (Fsp3) is 0.462. The standard InChI is InChI=1S/C9H11NO2.2C2H6/c1-2-9(12)10-7-4-3-5-8(11)6-7;2*1-2/h3-6,11H,2H2,1H3,(H,10,12);2*1-2H3. The predicted octanol–water partition coefficient (Wildman–Crippen LogP) is 3.79. The average Bonchev–Trinajstić information content (AvgIpc) is 2.34. The highest BCUT2D eigenvalue weighted by Crippen LogP contribution is 2.15. The lowest BCUT2D eigenvalue weighted by molar-refractivity contribution is -0.115. The van der Waals surface area contributed by atoms with E-state index in [4.69, 9.17) is 5.11 Å². The van der Waals surface area contributed by atoms with Crippen molar-refractivity contribution in [2.45, 2.75) is 41.0 Å². The maximum absolute atomic E-state index is 10.9. The van der Waals surface area contributed by atoms with E-state index < -0.39 is 0 Å². The number of amides is 1. The fourth-order valence-corrected chi connectivity index (χ4v) is 0.833. The molecule has 0 spiro atoms. The van der Waals surface area contributed by atoms with E-state index in [0.29, 0.717) is 12.1 Å². The van der Waals surface area contributed by atoms with Gasteiger partial charge in [-0.15, -0.1) is 0 Å². The second-order valence-electron chi connectivity index (χ2n) is 2.45. The number of benzene rings is 1. The molecule has 1 rings (SSSR count). The SMILES string of the molecule is CC.CC.CCC(=O)Nc1cccc(O)c1. The van der Waals surface area contributed by atoms with Crippen LogP contribution in [0.1, 0.15) is 41.0 Å². The number of aromatic hydroxyl groups is 1. The van der Waals surface area contributed by atoms with Crippen LogP contribution >= 0.6 is 0 Å². The van der Waals surface area contributed by atoms with E-state index in [1.807, 2.05) is 27.7 Å². The Bertz CT molecular complexity index is 285. The number of rotatable bonds is 2. The van der Waals surface area contributed by atoms with Gasteiger partial charge in [0.25, 0.3) is 0 Å². The molecular weight excluding hydrogens is 202 g/mol. The molecule has 0 unspecified atom stereocenters. The number of anilines is 1. The van der Waals surface area contributed by atoms with Crippen LogP contribution in [0.15, 0.2) is 24.3 Å². The summed E-state index contributed by atoms with van der Waals surface area (Å²) in [5, 5.41) is 11.7. The summed E-state index contributed by atoms with van der Waals surface area (Å²) in [6.07, 6.45) is 0.440. The second kappa shape index (κ2) is 11.6. The fourth-order valence-electron chi connectivity index (χ4n) is 0.833. The van der Waals surface area contributed by atoms with E-state index in [9.17, 15) is 4.79 Å². The van der Waals surface area contributed by atoms with Crippen LogP contribution in [0.5, 0.6) is 5.75 Å². The number of phenols is 1. The molecule has 0 radical (unpaired) electrons. The van der Waals surface area contributed by atoms with Gasteiger partial charge in [-0.3, -0.25) is 4.79 Å². The molecule has 3 heteroatoms. The largest absolute Gasteiger partial charge is 0.508 e. The van der Waals surface area contributed by atoms with Crippen molar-refractivity contribution in [2.75, 3.05) is 5.32 Å². The van der Waals surface area contributed by atoms with Crippen LogP contribution in [0.3, 0.4) is 0 Å². The zero-order chi connectivity index (χ0) is 13.0. The Labute approximate surface area is 98.5 Å². The van der Waals surface area contributed by atoms with Gasteiger partial charge in [0.15, 0.2) is 0 Å². The second-order valence-corrected chi connectivity index (χ2v) is 2.45. The molecule has 0 aliphatic carbocycles. The number of phenolic OH excluding ortho intramolecular Hbond substituents is 1. The maximum atomic E-state index is 10.9. The number of nitrogens with one attached hydrogen (secondary N) is 1. The first-order valence-corrected chi connectivity index (χ1v) is 5.81. The quantitative estimate of drug-likeness (QED) is 0.804. The van der Waals surface area contributed by atoms with E-state index in [1.54, 1.807) is 25.1 Å². The average molecular weight is 225 g/mol. The van der Waals surface area contributed by atoms with Gasteiger partial charge in [0.1, 0.15) is 5.75 Å². The summed E-state index contributed by atoms with van der Waals surface area (Å²) in [6.45, 7) is 9.78. The van der Waals surface area contributed by atoms with Gasteiger partial charge in [0.05, 0.1) is 0 Å². The zero-order valence-corrected chi connectivity index (χ0v) is 10.9. The van der Waals surface area contributed by atoms with Gasteiger partial charge in [-0.05, 0) is 12.1 Å². The van der Waals surface area contributed by atoms with E-state index in [2.05, 4.69) is 5.32 Å². The van der Waals surface area contributed by atoms with Gasteiger partial charge in [-0.2, -0.15) is 0 Å². The first kappa shape index (κ1) is 16.9. The summed E-state index contributed by atoms with van der Waals surface area (Å²) in [7, 11) is 0. The molecule has 0 aliphatic rings. The van der Waals surface area contributed by atoms with Crippen molar-refractivity contribution < 1.29 is 9.90 Å². The van der Waals surface area contributed by atoms with Gasteiger partial charge in [0, 0.05) is 18.2 Å². The summed E-state index contributed by atoms with van der Waals surface area (Å²) in [5.74, 6) is 0.101. The molecule has 0 heterocycles. The van der Waals surface area contributed by atoms with E-state index in [-0.39, 0.29) is 11.7 Å². The smallest absolute Gasteiger partial charge is 0.224 e. The third kappa shape index (κ3) is 7.85. The van der Waals surface area contributed by atoms with Crippen molar-refractivity contribution in [3.8, 4) is 5.75 Å². The zero-order valence-electron chi connectivity index (χ0n) is 10.9. The van der Waals surface area contributed by atoms with Crippen LogP contribution in [0, 0.1) is 0 Å². The molecule has 92 valence electrons. The Kier molecular flexibility index (Phi) is 12.2. The summed E-state index contributed by atoms with van der Waals surface area (Å²) in [6, 6.07) is 6.48. The summed E-state index contributed by atoms with van der Waals surface area (Å²) < 4.78 is 0. The highest BCUT2D eigenvalue weighted by atomic mass is 16.3. The maximum Gasteiger partial charge on any atom is 0.224 e. The molecule has 0 saturated carbocycles. The lowest BCUT2D eigenvalue weighted by Gasteiger charge is -2.02. The molecule has 3 nitrogen and oxygen atoms in total. The minimum absolute atomic E-state index is 0.0550. The summed E-state index contributed by atoms with van der Waals surface area (Å²) in [4.78, 5) is 10.9. The van der Waals surface area contributed by atoms with Gasteiger partial charge < -0.3 is 10.4 Å². The lowest BCUT2D eigenvalue weighted by Crippen LogP contribution is -2.08. The van der Waals surface area contributed by atoms with Gasteiger partial charge >= 0.3 is 0 Å². The van der Waals surface area contributed by atoms with Gasteiger partial charge in [-0.25, -0.2) is 0 Å². The molecule has 1 aromatic carbocycles. The molecule has 0 fully saturated rings. The molecule has 0 saturated heterocycles. The normalized spacial score (nSPS) is 7.81. The number of carbonyl (C=O) groups excluding carboxylic acids is 1. The van der Waals surface area contributed by atoms with Crippen LogP contribution in [-0.2, 0) is 4.79 Å². The van der Waals surface area contributed by atoms with Crippen molar-refractivity contribution in [1.82, 2.24) is 0 Å². The monoisotopic (exact) mass is 225 g/mol. The Morgan fingerprint density at radius 1 is 1.25 bits per heavy atom. The van der Waals surface area contributed by atoms with Gasteiger partial charge in [0.2, 0.25) is 5.91 Å². The van der Waals surface area contributed by atoms with Crippen molar-refractivity contribution in [2.24, 2.45) is 0 Å². The van der Waals surface area contributed by atoms with Crippen LogP contribution in [0.2, 0.25) is 0 Å². The summed E-state index contributed by atoms with van der Waals surface area (Å²) >= 11 is 0. The molecule has 0 atom stereocenters. The van der Waals surface area contributed by atoms with Crippen molar-refractivity contribution >= 4 is 11.6 Å². The van der Waals surface area contributed by atoms with E-state index in [0.717, 1.165) is 0 Å². The molecule has 1 aromatic rings. The third-order valence-electron chi connectivity index (χ3n) is 1.45. The van der Waals surface area contributed by atoms with Crippen LogP contribution in [0.4, 0.5) is 5.69 Å². The minimum atomic E-state index is -0.0550. The first-order chi connectivity index (χ1) is 7.72. The Morgan fingerprint density at radius 2 is 1.81 bits per heavy atom. The van der Waals surface area contributed by atoms with Crippen molar-refractivity contribution in [3.05, 3.63) is 24.3 Å². The molecular formula is C13H23NO2. The Balaban J connectivity index is 0.